The maximum absolute atomic E-state index is 13.1. The highest BCUT2D eigenvalue weighted by atomic mass is 16.7. The van der Waals surface area contributed by atoms with Crippen LogP contribution in [0, 0.1) is 56.7 Å². The molecule has 1 aromatic heterocycles. The number of carbonyl (C=O) groups excluding carboxylic acids is 4. The highest BCUT2D eigenvalue weighted by molar-refractivity contribution is 5.76. The summed E-state index contributed by atoms with van der Waals surface area (Å²) in [4.78, 5) is 61.9. The van der Waals surface area contributed by atoms with Crippen molar-refractivity contribution in [2.45, 2.75) is 177 Å². The minimum absolute atomic E-state index is 0.0471. The summed E-state index contributed by atoms with van der Waals surface area (Å²) in [5.41, 5.74) is 1.07. The van der Waals surface area contributed by atoms with Crippen LogP contribution in [0.3, 0.4) is 0 Å². The first-order chi connectivity index (χ1) is 29.0. The molecular formula is C47H69N3O12. The predicted octanol–water partition coefficient (Wildman–Crippen LogP) is 7.16. The molecule has 1 aromatic rings. The van der Waals surface area contributed by atoms with Gasteiger partial charge < -0.3 is 33.5 Å². The van der Waals surface area contributed by atoms with Crippen molar-refractivity contribution in [2.75, 3.05) is 6.61 Å². The van der Waals surface area contributed by atoms with Crippen molar-refractivity contribution in [1.82, 2.24) is 15.0 Å². The Morgan fingerprint density at radius 2 is 1.44 bits per heavy atom. The number of carboxylic acid groups (broad SMARTS) is 1. The monoisotopic (exact) mass is 867 g/mol. The molecule has 5 aliphatic carbocycles. The number of ether oxygens (including phenoxy) is 6. The average molecular weight is 868 g/mol. The lowest BCUT2D eigenvalue weighted by Crippen LogP contribution is -2.67. The quantitative estimate of drug-likeness (QED) is 0.134. The second-order valence-corrected chi connectivity index (χ2v) is 21.1. The zero-order valence-corrected chi connectivity index (χ0v) is 38.4. The van der Waals surface area contributed by atoms with Crippen LogP contribution >= 0.6 is 0 Å². The number of fused-ring (bicyclic) bond motifs is 7. The molecule has 1 unspecified atom stereocenters. The van der Waals surface area contributed by atoms with Gasteiger partial charge in [0.15, 0.2) is 24.5 Å². The summed E-state index contributed by atoms with van der Waals surface area (Å²) in [7, 11) is 0. The SMILES string of the molecule is C=C(C)[C@@H]1CC[C@]2(C(=O)O)CC[C@]3(C)[C@H](CC[C@@H]4[C@@]5(C)CC[C@H](OCc6cn(C7O[C@H](COC(C)=O)[C@@H](OC(C)=O)[C@H](OC(C)=O)[C@H]7OC(C)=O)nn6)C(C)(C)[C@@H]5CC[C@]43C)[C@@H]12. The van der Waals surface area contributed by atoms with Gasteiger partial charge in [0.05, 0.1) is 24.3 Å². The largest absolute Gasteiger partial charge is 0.481 e. The summed E-state index contributed by atoms with van der Waals surface area (Å²) in [5.74, 6) is -1.64. The number of carbonyl (C=O) groups is 5. The third kappa shape index (κ3) is 7.58. The van der Waals surface area contributed by atoms with E-state index in [2.05, 4.69) is 58.4 Å². The first-order valence-corrected chi connectivity index (χ1v) is 22.7. The zero-order valence-electron chi connectivity index (χ0n) is 38.4. The lowest BCUT2D eigenvalue weighted by Gasteiger charge is -2.72. The van der Waals surface area contributed by atoms with Crippen LogP contribution in [-0.2, 0) is 59.0 Å². The number of nitrogens with zero attached hydrogens (tertiary/aromatic N) is 3. The lowest BCUT2D eigenvalue weighted by atomic mass is 9.32. The number of carboxylic acids is 1. The van der Waals surface area contributed by atoms with Crippen molar-refractivity contribution in [2.24, 2.45) is 56.7 Å². The van der Waals surface area contributed by atoms with Crippen molar-refractivity contribution in [3.8, 4) is 0 Å². The molecular weight excluding hydrogens is 799 g/mol. The molecule has 0 amide bonds. The third-order valence-electron chi connectivity index (χ3n) is 17.6. The van der Waals surface area contributed by atoms with Gasteiger partial charge in [0.25, 0.3) is 0 Å². The van der Waals surface area contributed by atoms with Gasteiger partial charge in [-0.05, 0) is 122 Å². The molecule has 1 N–H and O–H groups in total. The van der Waals surface area contributed by atoms with Crippen molar-refractivity contribution >= 4 is 29.8 Å². The van der Waals surface area contributed by atoms with E-state index < -0.39 is 65.9 Å². The Bertz CT molecular complexity index is 1950. The number of aromatic nitrogens is 3. The van der Waals surface area contributed by atoms with Gasteiger partial charge in [0, 0.05) is 27.7 Å². The van der Waals surface area contributed by atoms with Crippen LogP contribution in [0.2, 0.25) is 0 Å². The van der Waals surface area contributed by atoms with Crippen LogP contribution in [-0.4, -0.2) is 87.1 Å². The van der Waals surface area contributed by atoms with Crippen molar-refractivity contribution in [3.63, 3.8) is 0 Å². The smallest absolute Gasteiger partial charge is 0.309 e. The molecule has 0 spiro atoms. The van der Waals surface area contributed by atoms with Crippen molar-refractivity contribution < 1.29 is 57.5 Å². The van der Waals surface area contributed by atoms with E-state index in [-0.39, 0.29) is 52.8 Å². The molecule has 15 heteroatoms. The highest BCUT2D eigenvalue weighted by Gasteiger charge is 2.72. The summed E-state index contributed by atoms with van der Waals surface area (Å²) >= 11 is 0. The first kappa shape index (κ1) is 46.2. The molecule has 5 saturated carbocycles. The molecule has 15 atom stereocenters. The second-order valence-electron chi connectivity index (χ2n) is 21.1. The van der Waals surface area contributed by atoms with Crippen LogP contribution in [0.1, 0.15) is 145 Å². The topological polar surface area (TPSA) is 192 Å². The maximum Gasteiger partial charge on any atom is 0.309 e. The Balaban J connectivity index is 1.08. The number of allylic oxidation sites excluding steroid dienone is 1. The fourth-order valence-electron chi connectivity index (χ4n) is 14.9. The Kier molecular flexibility index (Phi) is 12.4. The van der Waals surface area contributed by atoms with Gasteiger partial charge >= 0.3 is 29.8 Å². The molecule has 1 aliphatic heterocycles. The standard InChI is InChI=1S/C47H69N3O12/c1-25(2)31-14-19-47(42(55)56)21-20-45(10)32(37(31)47)12-13-35-44(9)17-16-36(43(7,8)34(44)15-18-46(35,45)11)58-23-30-22-50(49-48-30)41-40(61-29(6)54)39(60-28(5)53)38(59-27(4)52)33(62-41)24-57-26(3)51/h22,31-41H,1,12-21,23-24H2,2-11H3,(H,55,56)/t31-,32+,33+,34-,35+,36-,37+,38+,39-,40+,41?,44-,45+,46+,47-/m0/s1. The highest BCUT2D eigenvalue weighted by Crippen LogP contribution is 2.77. The van der Waals surface area contributed by atoms with E-state index in [0.29, 0.717) is 23.4 Å². The van der Waals surface area contributed by atoms with E-state index in [4.69, 9.17) is 28.4 Å². The fourth-order valence-corrected chi connectivity index (χ4v) is 14.9. The third-order valence-corrected chi connectivity index (χ3v) is 17.6. The van der Waals surface area contributed by atoms with Gasteiger partial charge in [-0.15, -0.1) is 5.10 Å². The van der Waals surface area contributed by atoms with E-state index in [1.165, 1.54) is 32.4 Å². The number of hydrogen-bond donors (Lipinski definition) is 1. The molecule has 2 heterocycles. The molecule has 1 saturated heterocycles. The van der Waals surface area contributed by atoms with Crippen LogP contribution in [0.5, 0.6) is 0 Å². The molecule has 62 heavy (non-hydrogen) atoms. The van der Waals surface area contributed by atoms with E-state index in [9.17, 15) is 29.1 Å². The van der Waals surface area contributed by atoms with Gasteiger partial charge in [0.2, 0.25) is 0 Å². The fraction of sp³-hybridized carbons (Fsp3) is 0.809. The predicted molar refractivity (Wildman–Crippen MR) is 222 cm³/mol. The van der Waals surface area contributed by atoms with E-state index >= 15 is 0 Å². The minimum Gasteiger partial charge on any atom is -0.481 e. The van der Waals surface area contributed by atoms with E-state index in [1.54, 1.807) is 6.20 Å². The zero-order chi connectivity index (χ0) is 45.3. The van der Waals surface area contributed by atoms with Gasteiger partial charge in [-0.2, -0.15) is 0 Å². The Labute approximate surface area is 365 Å². The van der Waals surface area contributed by atoms with E-state index in [1.807, 2.05) is 0 Å². The summed E-state index contributed by atoms with van der Waals surface area (Å²) in [5, 5.41) is 19.5. The number of esters is 4. The Hall–Kier alpha value is -3.85. The molecule has 6 aliphatic rings. The Morgan fingerprint density at radius 1 is 0.774 bits per heavy atom. The van der Waals surface area contributed by atoms with Crippen molar-refractivity contribution in [3.05, 3.63) is 24.0 Å². The summed E-state index contributed by atoms with van der Waals surface area (Å²) in [6, 6.07) is 0. The van der Waals surface area contributed by atoms with Crippen LogP contribution in [0.25, 0.3) is 0 Å². The molecule has 344 valence electrons. The molecule has 6 fully saturated rings. The molecule has 0 aromatic carbocycles. The lowest BCUT2D eigenvalue weighted by molar-refractivity contribution is -0.270. The molecule has 7 rings (SSSR count). The second kappa shape index (κ2) is 16.6. The minimum atomic E-state index is -1.33. The van der Waals surface area contributed by atoms with Gasteiger partial charge in [-0.1, -0.05) is 52.0 Å². The van der Waals surface area contributed by atoms with Gasteiger partial charge in [0.1, 0.15) is 18.4 Å². The Morgan fingerprint density at radius 3 is 2.06 bits per heavy atom. The van der Waals surface area contributed by atoms with Gasteiger partial charge in [-0.25, -0.2) is 4.68 Å². The number of aliphatic carboxylic acids is 1. The van der Waals surface area contributed by atoms with Crippen LogP contribution in [0.15, 0.2) is 18.3 Å². The van der Waals surface area contributed by atoms with Crippen LogP contribution < -0.4 is 0 Å². The van der Waals surface area contributed by atoms with E-state index in [0.717, 1.165) is 69.8 Å². The first-order valence-electron chi connectivity index (χ1n) is 22.7. The number of rotatable bonds is 11. The average Bonchev–Trinajstić information content (AvgIpc) is 3.81. The summed E-state index contributed by atoms with van der Waals surface area (Å²) < 4.78 is 36.4. The molecule has 0 radical (unpaired) electrons. The maximum atomic E-state index is 13.1. The number of hydrogen-bond acceptors (Lipinski definition) is 13. The summed E-state index contributed by atoms with van der Waals surface area (Å²) in [6.45, 7) is 23.4. The normalized spacial score (nSPS) is 41.9. The van der Waals surface area contributed by atoms with Crippen LogP contribution in [0.4, 0.5) is 0 Å². The summed E-state index contributed by atoms with van der Waals surface area (Å²) in [6.07, 6.45) is 5.00. The van der Waals surface area contributed by atoms with Crippen molar-refractivity contribution in [1.29, 1.82) is 0 Å². The molecule has 15 nitrogen and oxygen atoms in total. The molecule has 0 bridgehead atoms. The van der Waals surface area contributed by atoms with Gasteiger partial charge in [-0.3, -0.25) is 24.0 Å².